The molecule has 1 spiro atoms. The Bertz CT molecular complexity index is 877. The molecule has 2 aliphatic rings. The maximum absolute atomic E-state index is 13.0. The average Bonchev–Trinajstić information content (AvgIpc) is 3.05. The predicted octanol–water partition coefficient (Wildman–Crippen LogP) is 2.00. The van der Waals surface area contributed by atoms with Gasteiger partial charge in [-0.05, 0) is 31.9 Å². The van der Waals surface area contributed by atoms with E-state index in [4.69, 9.17) is 0 Å². The number of amides is 2. The van der Waals surface area contributed by atoms with Gasteiger partial charge in [-0.1, -0.05) is 19.1 Å². The van der Waals surface area contributed by atoms with Crippen LogP contribution in [-0.4, -0.2) is 45.0 Å². The zero-order valence-electron chi connectivity index (χ0n) is 15.7. The Balaban J connectivity index is 1.49. The van der Waals surface area contributed by atoms with E-state index in [0.717, 1.165) is 24.4 Å². The smallest absolute Gasteiger partial charge is 0.255 e. The molecule has 0 aliphatic carbocycles. The highest BCUT2D eigenvalue weighted by Crippen LogP contribution is 2.31. The number of rotatable bonds is 3. The van der Waals surface area contributed by atoms with E-state index in [1.165, 1.54) is 0 Å². The van der Waals surface area contributed by atoms with Gasteiger partial charge in [0.25, 0.3) is 5.91 Å². The van der Waals surface area contributed by atoms with Gasteiger partial charge < -0.3 is 20.1 Å². The van der Waals surface area contributed by atoms with Crippen molar-refractivity contribution in [2.24, 2.45) is 5.92 Å². The third-order valence-corrected chi connectivity index (χ3v) is 5.52. The third kappa shape index (κ3) is 3.29. The quantitative estimate of drug-likeness (QED) is 0.870. The van der Waals surface area contributed by atoms with Crippen LogP contribution in [0.1, 0.15) is 35.9 Å². The number of piperidine rings is 1. The normalized spacial score (nSPS) is 22.7. The molecule has 7 heteroatoms. The topological polar surface area (TPSA) is 79.3 Å². The van der Waals surface area contributed by atoms with Gasteiger partial charge in [-0.2, -0.15) is 0 Å². The summed E-state index contributed by atoms with van der Waals surface area (Å²) in [6, 6.07) is 7.50. The summed E-state index contributed by atoms with van der Waals surface area (Å²) in [6.45, 7) is 5.68. The Labute approximate surface area is 158 Å². The maximum Gasteiger partial charge on any atom is 0.255 e. The number of hydrogen-bond donors (Lipinski definition) is 2. The molecule has 0 saturated carbocycles. The number of carbonyl (C=O) groups excluding carboxylic acids is 2. The number of nitrogens with one attached hydrogen (secondary N) is 2. The zero-order chi connectivity index (χ0) is 19.0. The maximum atomic E-state index is 13.0. The SMILES string of the molecule is Cc1nccn1C[C@@H](C)C(=O)N1CCC[C@@]2(C1)NC(=O)c1ccccc1N2. The average molecular weight is 367 g/mol. The molecule has 2 amide bonds. The molecule has 142 valence electrons. The Hall–Kier alpha value is -2.83. The summed E-state index contributed by atoms with van der Waals surface area (Å²) in [6.07, 6.45) is 5.29. The first kappa shape index (κ1) is 17.6. The van der Waals surface area contributed by atoms with Crippen molar-refractivity contribution in [1.29, 1.82) is 0 Å². The van der Waals surface area contributed by atoms with Crippen LogP contribution in [0.25, 0.3) is 0 Å². The number of nitrogens with zero attached hydrogens (tertiary/aromatic N) is 3. The summed E-state index contributed by atoms with van der Waals surface area (Å²) in [7, 11) is 0. The van der Waals surface area contributed by atoms with Crippen molar-refractivity contribution in [3.05, 3.63) is 48.0 Å². The van der Waals surface area contributed by atoms with Crippen LogP contribution in [0, 0.1) is 12.8 Å². The molecular formula is C20H25N5O2. The molecule has 0 bridgehead atoms. The van der Waals surface area contributed by atoms with Crippen LogP contribution in [0.2, 0.25) is 0 Å². The van der Waals surface area contributed by atoms with Crippen LogP contribution >= 0.6 is 0 Å². The highest BCUT2D eigenvalue weighted by atomic mass is 16.2. The van der Waals surface area contributed by atoms with E-state index >= 15 is 0 Å². The van der Waals surface area contributed by atoms with E-state index in [-0.39, 0.29) is 17.7 Å². The molecular weight excluding hydrogens is 342 g/mol. The number of imidazole rings is 1. The molecule has 0 unspecified atom stereocenters. The first-order valence-electron chi connectivity index (χ1n) is 9.44. The van der Waals surface area contributed by atoms with E-state index in [2.05, 4.69) is 15.6 Å². The summed E-state index contributed by atoms with van der Waals surface area (Å²) in [4.78, 5) is 31.7. The van der Waals surface area contributed by atoms with Gasteiger partial charge in [0.2, 0.25) is 5.91 Å². The molecule has 3 heterocycles. The monoisotopic (exact) mass is 367 g/mol. The minimum atomic E-state index is -0.593. The first-order chi connectivity index (χ1) is 13.0. The number of likely N-dealkylation sites (tertiary alicyclic amines) is 1. The second-order valence-corrected chi connectivity index (χ2v) is 7.60. The Morgan fingerprint density at radius 1 is 1.33 bits per heavy atom. The van der Waals surface area contributed by atoms with Crippen LogP contribution < -0.4 is 10.6 Å². The van der Waals surface area contributed by atoms with Crippen LogP contribution in [0.4, 0.5) is 5.69 Å². The van der Waals surface area contributed by atoms with Crippen LogP contribution in [-0.2, 0) is 11.3 Å². The first-order valence-corrected chi connectivity index (χ1v) is 9.44. The second kappa shape index (κ2) is 6.72. The highest BCUT2D eigenvalue weighted by molar-refractivity contribution is 6.02. The van der Waals surface area contributed by atoms with Crippen molar-refractivity contribution >= 4 is 17.5 Å². The standard InChI is InChI=1S/C20H25N5O2/c1-14(12-24-11-9-21-15(24)2)19(27)25-10-5-8-20(13-25)22-17-7-4-3-6-16(17)18(26)23-20/h3-4,6-7,9,11,14,22H,5,8,10,12-13H2,1-2H3,(H,23,26)/t14-,20+/m1/s1. The fraction of sp³-hybridized carbons (Fsp3) is 0.450. The third-order valence-electron chi connectivity index (χ3n) is 5.52. The Morgan fingerprint density at radius 3 is 2.93 bits per heavy atom. The number of hydrogen-bond acceptors (Lipinski definition) is 4. The van der Waals surface area contributed by atoms with Crippen molar-refractivity contribution in [2.75, 3.05) is 18.4 Å². The van der Waals surface area contributed by atoms with E-state index in [1.807, 2.05) is 53.8 Å². The van der Waals surface area contributed by atoms with Gasteiger partial charge in [0, 0.05) is 31.2 Å². The van der Waals surface area contributed by atoms with Crippen molar-refractivity contribution < 1.29 is 9.59 Å². The molecule has 7 nitrogen and oxygen atoms in total. The van der Waals surface area contributed by atoms with Crippen molar-refractivity contribution in [2.45, 2.75) is 38.9 Å². The zero-order valence-corrected chi connectivity index (χ0v) is 15.7. The number of carbonyl (C=O) groups is 2. The van der Waals surface area contributed by atoms with Gasteiger partial charge in [-0.25, -0.2) is 4.98 Å². The fourth-order valence-electron chi connectivity index (χ4n) is 4.09. The van der Waals surface area contributed by atoms with E-state index in [1.54, 1.807) is 6.20 Å². The number of benzene rings is 1. The van der Waals surface area contributed by atoms with Crippen LogP contribution in [0.3, 0.4) is 0 Å². The lowest BCUT2D eigenvalue weighted by atomic mass is 9.92. The summed E-state index contributed by atoms with van der Waals surface area (Å²) in [5.41, 5.74) is 0.887. The molecule has 1 aromatic heterocycles. The summed E-state index contributed by atoms with van der Waals surface area (Å²) in [5, 5.41) is 6.59. The van der Waals surface area contributed by atoms with E-state index < -0.39 is 5.66 Å². The van der Waals surface area contributed by atoms with Crippen molar-refractivity contribution in [3.63, 3.8) is 0 Å². The Kier molecular flexibility index (Phi) is 4.37. The van der Waals surface area contributed by atoms with Gasteiger partial charge >= 0.3 is 0 Å². The predicted molar refractivity (Wildman–Crippen MR) is 102 cm³/mol. The van der Waals surface area contributed by atoms with Crippen LogP contribution in [0.5, 0.6) is 0 Å². The number of aryl methyl sites for hydroxylation is 1. The number of fused-ring (bicyclic) bond motifs is 1. The van der Waals surface area contributed by atoms with Gasteiger partial charge in [-0.15, -0.1) is 0 Å². The van der Waals surface area contributed by atoms with Gasteiger partial charge in [0.15, 0.2) is 0 Å². The molecule has 1 aromatic carbocycles. The minimum absolute atomic E-state index is 0.0827. The van der Waals surface area contributed by atoms with Gasteiger partial charge in [0.1, 0.15) is 11.5 Å². The van der Waals surface area contributed by atoms with Gasteiger partial charge in [0.05, 0.1) is 18.0 Å². The molecule has 1 saturated heterocycles. The van der Waals surface area contributed by atoms with E-state index in [0.29, 0.717) is 25.2 Å². The molecule has 2 aromatic rings. The largest absolute Gasteiger partial charge is 0.361 e. The lowest BCUT2D eigenvalue weighted by Gasteiger charge is -2.47. The van der Waals surface area contributed by atoms with Crippen molar-refractivity contribution in [3.8, 4) is 0 Å². The lowest BCUT2D eigenvalue weighted by molar-refractivity contribution is -0.137. The number of para-hydroxylation sites is 1. The molecule has 2 N–H and O–H groups in total. The summed E-state index contributed by atoms with van der Waals surface area (Å²) in [5.74, 6) is 0.778. The van der Waals surface area contributed by atoms with Crippen molar-refractivity contribution in [1.82, 2.24) is 19.8 Å². The summed E-state index contributed by atoms with van der Waals surface area (Å²) < 4.78 is 2.00. The molecule has 0 radical (unpaired) electrons. The van der Waals surface area contributed by atoms with Gasteiger partial charge in [-0.3, -0.25) is 9.59 Å². The highest BCUT2D eigenvalue weighted by Gasteiger charge is 2.42. The molecule has 4 rings (SSSR count). The Morgan fingerprint density at radius 2 is 2.15 bits per heavy atom. The lowest BCUT2D eigenvalue weighted by Crippen LogP contribution is -2.66. The number of anilines is 1. The summed E-state index contributed by atoms with van der Waals surface area (Å²) >= 11 is 0. The molecule has 2 atom stereocenters. The van der Waals surface area contributed by atoms with E-state index in [9.17, 15) is 9.59 Å². The molecule has 27 heavy (non-hydrogen) atoms. The molecule has 2 aliphatic heterocycles. The fourth-order valence-corrected chi connectivity index (χ4v) is 4.09. The van der Waals surface area contributed by atoms with Crippen LogP contribution in [0.15, 0.2) is 36.7 Å². The number of aromatic nitrogens is 2. The minimum Gasteiger partial charge on any atom is -0.361 e. The molecule has 1 fully saturated rings. The second-order valence-electron chi connectivity index (χ2n) is 7.60.